The van der Waals surface area contributed by atoms with E-state index in [1.165, 1.54) is 0 Å². The van der Waals surface area contributed by atoms with Crippen molar-refractivity contribution in [1.29, 1.82) is 0 Å². The number of hydrogen-bond acceptors (Lipinski definition) is 4. The predicted molar refractivity (Wildman–Crippen MR) is 124 cm³/mol. The van der Waals surface area contributed by atoms with Gasteiger partial charge in [-0.2, -0.15) is 0 Å². The van der Waals surface area contributed by atoms with E-state index >= 15 is 0 Å². The number of thioether (sulfide) groups is 1. The number of carbonyl (C=O) groups excluding carboxylic acids is 1. The lowest BCUT2D eigenvalue weighted by Crippen LogP contribution is -2.38. The van der Waals surface area contributed by atoms with Crippen LogP contribution < -0.4 is 0 Å². The molecular weight excluding hydrogens is 382 g/mol. The molecular formula is C24H37NO3S. The van der Waals surface area contributed by atoms with E-state index in [1.807, 2.05) is 30.0 Å². The van der Waals surface area contributed by atoms with Crippen molar-refractivity contribution in [2.75, 3.05) is 32.1 Å². The van der Waals surface area contributed by atoms with Crippen molar-refractivity contribution < 1.29 is 14.6 Å². The third-order valence-electron chi connectivity index (χ3n) is 5.08. The molecule has 1 aliphatic rings. The van der Waals surface area contributed by atoms with E-state index in [0.717, 1.165) is 46.9 Å². The number of amides is 1. The Hall–Kier alpha value is -1.46. The van der Waals surface area contributed by atoms with E-state index in [9.17, 15) is 9.90 Å². The Labute approximate surface area is 180 Å². The lowest BCUT2D eigenvalue weighted by Gasteiger charge is -2.29. The molecule has 0 radical (unpaired) electrons. The first-order valence-corrected chi connectivity index (χ1v) is 11.5. The number of hydrogen-bond donors (Lipinski definition) is 1. The quantitative estimate of drug-likeness (QED) is 0.500. The lowest BCUT2D eigenvalue weighted by atomic mass is 9.78. The Morgan fingerprint density at radius 1 is 1.14 bits per heavy atom. The van der Waals surface area contributed by atoms with Gasteiger partial charge in [0.1, 0.15) is 5.75 Å². The molecule has 0 spiro atoms. The number of carbonyl (C=O) groups is 1. The summed E-state index contributed by atoms with van der Waals surface area (Å²) in [6, 6.07) is 4.05. The summed E-state index contributed by atoms with van der Waals surface area (Å²) in [7, 11) is 0. The van der Waals surface area contributed by atoms with Gasteiger partial charge in [-0.25, -0.2) is 0 Å². The van der Waals surface area contributed by atoms with Crippen LogP contribution in [0.2, 0.25) is 0 Å². The Kier molecular flexibility index (Phi) is 7.86. The standard InChI is InChI=1S/C24H37NO3S/c1-8-28-12-9-10-25-11-13-29-20(22(25)27)16-17-14-18(23(2,3)4)21(26)19(15-17)24(5,6)7/h14-16,26H,8-13H2,1-7H3/b20-16+. The number of benzene rings is 1. The van der Waals surface area contributed by atoms with Gasteiger partial charge in [-0.15, -0.1) is 11.8 Å². The Morgan fingerprint density at radius 2 is 1.72 bits per heavy atom. The van der Waals surface area contributed by atoms with E-state index in [1.54, 1.807) is 11.8 Å². The minimum atomic E-state index is -0.187. The van der Waals surface area contributed by atoms with Crippen molar-refractivity contribution in [2.24, 2.45) is 0 Å². The largest absolute Gasteiger partial charge is 0.507 e. The Morgan fingerprint density at radius 3 is 2.24 bits per heavy atom. The second-order valence-electron chi connectivity index (χ2n) is 9.66. The molecule has 1 heterocycles. The van der Waals surface area contributed by atoms with E-state index in [0.29, 0.717) is 19.0 Å². The first kappa shape index (κ1) is 23.8. The molecule has 1 saturated heterocycles. The maximum absolute atomic E-state index is 13.0. The van der Waals surface area contributed by atoms with Crippen molar-refractivity contribution >= 4 is 23.7 Å². The fraction of sp³-hybridized carbons (Fsp3) is 0.625. The third-order valence-corrected chi connectivity index (χ3v) is 6.07. The molecule has 0 aromatic heterocycles. The average Bonchev–Trinajstić information content (AvgIpc) is 2.61. The molecule has 0 unspecified atom stereocenters. The van der Waals surface area contributed by atoms with Gasteiger partial charge >= 0.3 is 0 Å². The fourth-order valence-electron chi connectivity index (χ4n) is 3.44. The number of phenolic OH excluding ortho intramolecular Hbond substituents is 1. The van der Waals surface area contributed by atoms with E-state index in [2.05, 4.69) is 41.5 Å². The van der Waals surface area contributed by atoms with Crippen LogP contribution >= 0.6 is 11.8 Å². The highest BCUT2D eigenvalue weighted by Crippen LogP contribution is 2.40. The van der Waals surface area contributed by atoms with Gasteiger partial charge in [0.15, 0.2) is 0 Å². The fourth-order valence-corrected chi connectivity index (χ4v) is 4.44. The first-order chi connectivity index (χ1) is 13.4. The monoisotopic (exact) mass is 419 g/mol. The van der Waals surface area contributed by atoms with Crippen LogP contribution in [-0.2, 0) is 20.4 Å². The molecule has 0 aliphatic carbocycles. The highest BCUT2D eigenvalue weighted by Gasteiger charge is 2.28. The summed E-state index contributed by atoms with van der Waals surface area (Å²) in [5.41, 5.74) is 2.43. The molecule has 1 fully saturated rings. The van der Waals surface area contributed by atoms with Crippen molar-refractivity contribution in [2.45, 2.75) is 65.7 Å². The SMILES string of the molecule is CCOCCCN1CCS/C(=C/c2cc(C(C)(C)C)c(O)c(C(C)(C)C)c2)C1=O. The zero-order chi connectivity index (χ0) is 21.8. The van der Waals surface area contributed by atoms with Crippen LogP contribution in [0, 0.1) is 0 Å². The third kappa shape index (κ3) is 6.26. The van der Waals surface area contributed by atoms with Gasteiger partial charge in [-0.1, -0.05) is 41.5 Å². The zero-order valence-electron chi connectivity index (χ0n) is 19.1. The highest BCUT2D eigenvalue weighted by molar-refractivity contribution is 8.04. The zero-order valence-corrected chi connectivity index (χ0v) is 19.9. The van der Waals surface area contributed by atoms with Crippen molar-refractivity contribution in [3.63, 3.8) is 0 Å². The second-order valence-corrected chi connectivity index (χ2v) is 10.8. The van der Waals surface area contributed by atoms with Crippen molar-refractivity contribution in [3.8, 4) is 5.75 Å². The highest BCUT2D eigenvalue weighted by atomic mass is 32.2. The average molecular weight is 420 g/mol. The molecule has 0 saturated carbocycles. The molecule has 2 rings (SSSR count). The number of rotatable bonds is 6. The van der Waals surface area contributed by atoms with Crippen molar-refractivity contribution in [3.05, 3.63) is 33.7 Å². The smallest absolute Gasteiger partial charge is 0.260 e. The van der Waals surface area contributed by atoms with Gasteiger partial charge in [-0.05, 0) is 47.9 Å². The topological polar surface area (TPSA) is 49.8 Å². The lowest BCUT2D eigenvalue weighted by molar-refractivity contribution is -0.126. The normalized spacial score (nSPS) is 17.3. The van der Waals surface area contributed by atoms with Gasteiger partial charge < -0.3 is 14.7 Å². The maximum Gasteiger partial charge on any atom is 0.260 e. The first-order valence-electron chi connectivity index (χ1n) is 10.5. The molecule has 0 atom stereocenters. The second kappa shape index (κ2) is 9.57. The van der Waals surface area contributed by atoms with E-state index < -0.39 is 0 Å². The molecule has 162 valence electrons. The van der Waals surface area contributed by atoms with Crippen LogP contribution in [0.15, 0.2) is 17.0 Å². The summed E-state index contributed by atoms with van der Waals surface area (Å²) < 4.78 is 5.40. The van der Waals surface area contributed by atoms with Crippen LogP contribution in [0.1, 0.15) is 71.6 Å². The molecule has 1 aromatic rings. The summed E-state index contributed by atoms with van der Waals surface area (Å²) in [5, 5.41) is 10.9. The molecule has 1 aliphatic heterocycles. The molecule has 1 aromatic carbocycles. The molecule has 4 nitrogen and oxygen atoms in total. The Balaban J connectivity index is 2.35. The minimum Gasteiger partial charge on any atom is -0.507 e. The van der Waals surface area contributed by atoms with Gasteiger partial charge in [0.25, 0.3) is 5.91 Å². The van der Waals surface area contributed by atoms with E-state index in [-0.39, 0.29) is 16.7 Å². The molecule has 5 heteroatoms. The van der Waals surface area contributed by atoms with Crippen LogP contribution in [0.3, 0.4) is 0 Å². The molecule has 1 amide bonds. The summed E-state index contributed by atoms with van der Waals surface area (Å²) in [6.45, 7) is 17.5. The summed E-state index contributed by atoms with van der Waals surface area (Å²) >= 11 is 1.62. The maximum atomic E-state index is 13.0. The molecule has 29 heavy (non-hydrogen) atoms. The van der Waals surface area contributed by atoms with Gasteiger partial charge in [0.2, 0.25) is 0 Å². The van der Waals surface area contributed by atoms with Crippen molar-refractivity contribution in [1.82, 2.24) is 4.90 Å². The van der Waals surface area contributed by atoms with Gasteiger partial charge in [0.05, 0.1) is 4.91 Å². The number of ether oxygens (including phenoxy) is 1. The number of phenols is 1. The summed E-state index contributed by atoms with van der Waals surface area (Å²) in [4.78, 5) is 15.7. The molecule has 0 bridgehead atoms. The number of nitrogens with zero attached hydrogens (tertiary/aromatic N) is 1. The van der Waals surface area contributed by atoms with Crippen LogP contribution in [0.4, 0.5) is 0 Å². The van der Waals surface area contributed by atoms with Crippen LogP contribution in [-0.4, -0.2) is 48.0 Å². The molecule has 1 N–H and O–H groups in total. The van der Waals surface area contributed by atoms with Crippen LogP contribution in [0.5, 0.6) is 5.75 Å². The summed E-state index contributed by atoms with van der Waals surface area (Å²) in [6.07, 6.45) is 2.85. The predicted octanol–water partition coefficient (Wildman–Crippen LogP) is 5.33. The van der Waals surface area contributed by atoms with Crippen LogP contribution in [0.25, 0.3) is 6.08 Å². The summed E-state index contributed by atoms with van der Waals surface area (Å²) in [5.74, 6) is 1.37. The van der Waals surface area contributed by atoms with Gasteiger partial charge in [0, 0.05) is 43.2 Å². The Bertz CT molecular complexity index is 721. The van der Waals surface area contributed by atoms with Gasteiger partial charge in [-0.3, -0.25) is 4.79 Å². The number of aromatic hydroxyl groups is 1. The minimum absolute atomic E-state index is 0.0976. The van der Waals surface area contributed by atoms with E-state index in [4.69, 9.17) is 4.74 Å².